The van der Waals surface area contributed by atoms with Crippen LogP contribution in [0.2, 0.25) is 0 Å². The molecule has 4 heteroatoms. The standard InChI is InChI=1S/C19H13NO2S/c1-11-6-5-9-13-16-18(20-17(11)13)14(21)10-15(19(16)22)23-12-7-3-2-4-8-12/h2-10,20H,1H3. The van der Waals surface area contributed by atoms with Crippen LogP contribution < -0.4 is 0 Å². The Morgan fingerprint density at radius 3 is 2.52 bits per heavy atom. The zero-order valence-electron chi connectivity index (χ0n) is 12.4. The Kier molecular flexibility index (Phi) is 3.20. The van der Waals surface area contributed by atoms with E-state index >= 15 is 0 Å². The Morgan fingerprint density at radius 2 is 1.74 bits per heavy atom. The number of Topliss-reactive ketones (excluding diaryl/α,β-unsaturated/α-hetero) is 1. The van der Waals surface area contributed by atoms with E-state index in [1.165, 1.54) is 17.8 Å². The molecule has 1 aromatic heterocycles. The fourth-order valence-corrected chi connectivity index (χ4v) is 3.76. The molecule has 0 spiro atoms. The topological polar surface area (TPSA) is 49.9 Å². The van der Waals surface area contributed by atoms with Gasteiger partial charge in [-0.05, 0) is 24.6 Å². The van der Waals surface area contributed by atoms with E-state index in [4.69, 9.17) is 0 Å². The van der Waals surface area contributed by atoms with Crippen LogP contribution in [0.5, 0.6) is 0 Å². The normalized spacial score (nSPS) is 14.0. The van der Waals surface area contributed by atoms with E-state index in [-0.39, 0.29) is 11.6 Å². The van der Waals surface area contributed by atoms with Crippen molar-refractivity contribution in [3.05, 3.63) is 76.3 Å². The second-order valence-corrected chi connectivity index (χ2v) is 6.60. The molecule has 1 aliphatic carbocycles. The molecular weight excluding hydrogens is 306 g/mol. The highest BCUT2D eigenvalue weighted by molar-refractivity contribution is 8.04. The average Bonchev–Trinajstić information content (AvgIpc) is 2.95. The van der Waals surface area contributed by atoms with Crippen molar-refractivity contribution >= 4 is 34.2 Å². The van der Waals surface area contributed by atoms with Gasteiger partial charge >= 0.3 is 0 Å². The zero-order chi connectivity index (χ0) is 16.0. The summed E-state index contributed by atoms with van der Waals surface area (Å²) in [7, 11) is 0. The van der Waals surface area contributed by atoms with Crippen molar-refractivity contribution in [2.45, 2.75) is 11.8 Å². The van der Waals surface area contributed by atoms with Gasteiger partial charge in [-0.3, -0.25) is 9.59 Å². The van der Waals surface area contributed by atoms with Crippen LogP contribution >= 0.6 is 11.8 Å². The molecule has 0 radical (unpaired) electrons. The number of hydrogen-bond acceptors (Lipinski definition) is 3. The molecule has 0 bridgehead atoms. The van der Waals surface area contributed by atoms with Crippen LogP contribution in [-0.2, 0) is 0 Å². The third-order valence-corrected chi connectivity index (χ3v) is 5.00. The molecule has 3 aromatic rings. The SMILES string of the molecule is Cc1cccc2c3c([nH]c12)C(=O)C=C(Sc1ccccc1)C3=O. The third-order valence-electron chi connectivity index (χ3n) is 3.97. The van der Waals surface area contributed by atoms with E-state index in [2.05, 4.69) is 4.98 Å². The van der Waals surface area contributed by atoms with E-state index < -0.39 is 0 Å². The van der Waals surface area contributed by atoms with E-state index in [0.717, 1.165) is 21.4 Å². The third kappa shape index (κ3) is 2.23. The summed E-state index contributed by atoms with van der Waals surface area (Å²) in [4.78, 5) is 29.9. The van der Waals surface area contributed by atoms with E-state index in [1.807, 2.05) is 55.5 Å². The molecule has 0 saturated heterocycles. The number of allylic oxidation sites excluding steroid dienone is 2. The summed E-state index contributed by atoms with van der Waals surface area (Å²) >= 11 is 1.33. The van der Waals surface area contributed by atoms with Gasteiger partial charge in [0, 0.05) is 21.9 Å². The maximum absolute atomic E-state index is 12.9. The van der Waals surface area contributed by atoms with Gasteiger partial charge in [0.15, 0.2) is 0 Å². The molecule has 4 rings (SSSR count). The lowest BCUT2D eigenvalue weighted by Gasteiger charge is -2.11. The largest absolute Gasteiger partial charge is 0.351 e. The number of nitrogens with one attached hydrogen (secondary N) is 1. The highest BCUT2D eigenvalue weighted by Crippen LogP contribution is 2.36. The lowest BCUT2D eigenvalue weighted by Crippen LogP contribution is -2.14. The minimum absolute atomic E-state index is 0.0923. The first-order valence-corrected chi connectivity index (χ1v) is 8.12. The van der Waals surface area contributed by atoms with Gasteiger partial charge < -0.3 is 4.98 Å². The summed E-state index contributed by atoms with van der Waals surface area (Å²) in [5.41, 5.74) is 2.78. The second kappa shape index (κ2) is 5.25. The maximum Gasteiger partial charge on any atom is 0.204 e. The number of H-pyrrole nitrogens is 1. The van der Waals surface area contributed by atoms with Crippen LogP contribution in [0.15, 0.2) is 64.4 Å². The summed E-state index contributed by atoms with van der Waals surface area (Å²) in [6.45, 7) is 1.96. The molecule has 0 fully saturated rings. The number of rotatable bonds is 2. The van der Waals surface area contributed by atoms with Gasteiger partial charge in [-0.15, -0.1) is 0 Å². The zero-order valence-corrected chi connectivity index (χ0v) is 13.2. The molecular formula is C19H13NO2S. The van der Waals surface area contributed by atoms with Crippen LogP contribution in [-0.4, -0.2) is 16.6 Å². The molecule has 112 valence electrons. The number of ketones is 2. The number of carbonyl (C=O) groups excluding carboxylic acids is 2. The molecule has 2 aromatic carbocycles. The smallest absolute Gasteiger partial charge is 0.204 e. The molecule has 1 heterocycles. The predicted octanol–water partition coefficient (Wildman–Crippen LogP) is 4.53. The van der Waals surface area contributed by atoms with E-state index in [0.29, 0.717) is 16.2 Å². The number of benzene rings is 2. The monoisotopic (exact) mass is 319 g/mol. The van der Waals surface area contributed by atoms with Gasteiger partial charge in [-0.1, -0.05) is 48.2 Å². The first kappa shape index (κ1) is 14.0. The molecule has 1 aliphatic rings. The van der Waals surface area contributed by atoms with Gasteiger partial charge in [0.2, 0.25) is 11.6 Å². The van der Waals surface area contributed by atoms with Gasteiger partial charge in [-0.2, -0.15) is 0 Å². The predicted molar refractivity (Wildman–Crippen MR) is 92.1 cm³/mol. The summed E-state index contributed by atoms with van der Waals surface area (Å²) in [5.74, 6) is -0.237. The van der Waals surface area contributed by atoms with Gasteiger partial charge in [0.1, 0.15) is 0 Å². The highest BCUT2D eigenvalue weighted by Gasteiger charge is 2.30. The lowest BCUT2D eigenvalue weighted by molar-refractivity contribution is 0.0990. The van der Waals surface area contributed by atoms with Crippen LogP contribution in [0.1, 0.15) is 26.4 Å². The van der Waals surface area contributed by atoms with Crippen LogP contribution in [0.4, 0.5) is 0 Å². The number of fused-ring (bicyclic) bond motifs is 3. The molecule has 0 saturated carbocycles. The minimum Gasteiger partial charge on any atom is -0.351 e. The Hall–Kier alpha value is -2.59. The first-order chi connectivity index (χ1) is 11.1. The van der Waals surface area contributed by atoms with Gasteiger partial charge in [0.25, 0.3) is 0 Å². The Morgan fingerprint density at radius 1 is 0.957 bits per heavy atom. The molecule has 1 N–H and O–H groups in total. The Labute approximate surface area is 137 Å². The van der Waals surface area contributed by atoms with Crippen molar-refractivity contribution in [1.82, 2.24) is 4.98 Å². The Bertz CT molecular complexity index is 983. The number of para-hydroxylation sites is 1. The molecule has 0 atom stereocenters. The minimum atomic E-state index is -0.145. The van der Waals surface area contributed by atoms with Crippen molar-refractivity contribution in [2.75, 3.05) is 0 Å². The molecule has 3 nitrogen and oxygen atoms in total. The molecule has 0 amide bonds. The van der Waals surface area contributed by atoms with Crippen molar-refractivity contribution in [2.24, 2.45) is 0 Å². The second-order valence-electron chi connectivity index (χ2n) is 5.49. The number of thioether (sulfide) groups is 1. The van der Waals surface area contributed by atoms with Crippen molar-refractivity contribution in [1.29, 1.82) is 0 Å². The Balaban J connectivity index is 1.83. The van der Waals surface area contributed by atoms with E-state index in [1.54, 1.807) is 0 Å². The van der Waals surface area contributed by atoms with Crippen LogP contribution in [0.25, 0.3) is 10.9 Å². The first-order valence-electron chi connectivity index (χ1n) is 7.30. The molecule has 0 aliphatic heterocycles. The van der Waals surface area contributed by atoms with Crippen molar-refractivity contribution in [3.63, 3.8) is 0 Å². The highest BCUT2D eigenvalue weighted by atomic mass is 32.2. The van der Waals surface area contributed by atoms with E-state index in [9.17, 15) is 9.59 Å². The molecule has 23 heavy (non-hydrogen) atoms. The van der Waals surface area contributed by atoms with Gasteiger partial charge in [-0.25, -0.2) is 0 Å². The maximum atomic E-state index is 12.9. The summed E-state index contributed by atoms with van der Waals surface area (Å²) in [6, 6.07) is 15.4. The lowest BCUT2D eigenvalue weighted by atomic mass is 9.98. The summed E-state index contributed by atoms with van der Waals surface area (Å²) < 4.78 is 0. The number of aryl methyl sites for hydroxylation is 1. The molecule has 0 unspecified atom stereocenters. The summed E-state index contributed by atoms with van der Waals surface area (Å²) in [6.07, 6.45) is 1.44. The van der Waals surface area contributed by atoms with Crippen LogP contribution in [0.3, 0.4) is 0 Å². The van der Waals surface area contributed by atoms with Gasteiger partial charge in [0.05, 0.1) is 16.2 Å². The number of carbonyl (C=O) groups is 2. The van der Waals surface area contributed by atoms with Crippen molar-refractivity contribution < 1.29 is 9.59 Å². The van der Waals surface area contributed by atoms with Crippen LogP contribution in [0, 0.1) is 6.92 Å². The number of hydrogen-bond donors (Lipinski definition) is 1. The van der Waals surface area contributed by atoms with Crippen molar-refractivity contribution in [3.8, 4) is 0 Å². The summed E-state index contributed by atoms with van der Waals surface area (Å²) in [5, 5.41) is 0.817. The number of aromatic nitrogens is 1. The number of aromatic amines is 1. The fourth-order valence-electron chi connectivity index (χ4n) is 2.86. The fraction of sp³-hybridized carbons (Fsp3) is 0.0526. The average molecular weight is 319 g/mol. The quantitative estimate of drug-likeness (QED) is 0.755.